The van der Waals surface area contributed by atoms with Crippen molar-refractivity contribution in [3.8, 4) is 11.8 Å². The molecule has 2 heterocycles. The zero-order valence-corrected chi connectivity index (χ0v) is 7.77. The third kappa shape index (κ3) is 1.29. The lowest BCUT2D eigenvalue weighted by molar-refractivity contribution is 0.684. The molecule has 4 heteroatoms. The number of nitrogens with zero attached hydrogens (tertiary/aromatic N) is 3. The molecule has 0 amide bonds. The maximum absolute atomic E-state index is 11.6. The van der Waals surface area contributed by atoms with Crippen LogP contribution in [0.3, 0.4) is 0 Å². The fourth-order valence-electron chi connectivity index (χ4n) is 1.23. The number of pyridine rings is 1. The van der Waals surface area contributed by atoms with Crippen LogP contribution in [-0.2, 0) is 6.54 Å². The molecule has 0 saturated carbocycles. The van der Waals surface area contributed by atoms with Gasteiger partial charge in [-0.3, -0.25) is 4.40 Å². The molecule has 0 saturated heterocycles. The molecule has 0 unspecified atom stereocenters. The average molecular weight is 187 g/mol. The van der Waals surface area contributed by atoms with Gasteiger partial charge in [0.05, 0.1) is 0 Å². The second kappa shape index (κ2) is 3.38. The minimum atomic E-state index is -0.150. The van der Waals surface area contributed by atoms with Crippen molar-refractivity contribution in [2.24, 2.45) is 0 Å². The van der Waals surface area contributed by atoms with Crippen LogP contribution in [0.25, 0.3) is 5.65 Å². The summed E-state index contributed by atoms with van der Waals surface area (Å²) in [6.07, 6.45) is 1.69. The third-order valence-electron chi connectivity index (χ3n) is 1.89. The Balaban J connectivity index is 2.61. The number of fused-ring (bicyclic) bond motifs is 1. The first-order valence-corrected chi connectivity index (χ1v) is 4.27. The molecule has 0 radical (unpaired) electrons. The maximum Gasteiger partial charge on any atom is 0.351 e. The monoisotopic (exact) mass is 187 g/mol. The molecule has 14 heavy (non-hydrogen) atoms. The van der Waals surface area contributed by atoms with Crippen molar-refractivity contribution >= 4 is 5.65 Å². The highest BCUT2D eigenvalue weighted by molar-refractivity contribution is 5.35. The van der Waals surface area contributed by atoms with E-state index in [1.165, 1.54) is 9.08 Å². The predicted molar refractivity (Wildman–Crippen MR) is 52.9 cm³/mol. The SMILES string of the molecule is CC#CCn1nc2ccccn2c1=O. The Kier molecular flexibility index (Phi) is 2.07. The second-order valence-corrected chi connectivity index (χ2v) is 2.80. The minimum Gasteiger partial charge on any atom is -0.250 e. The van der Waals surface area contributed by atoms with Crippen molar-refractivity contribution < 1.29 is 0 Å². The van der Waals surface area contributed by atoms with Gasteiger partial charge in [-0.15, -0.1) is 11.0 Å². The fourth-order valence-corrected chi connectivity index (χ4v) is 1.23. The number of aromatic nitrogens is 3. The highest BCUT2D eigenvalue weighted by Crippen LogP contribution is 1.94. The average Bonchev–Trinajstić information content (AvgIpc) is 2.54. The Hall–Kier alpha value is -2.02. The molecule has 0 aliphatic rings. The van der Waals surface area contributed by atoms with Gasteiger partial charge in [-0.05, 0) is 19.1 Å². The molecule has 0 atom stereocenters. The van der Waals surface area contributed by atoms with Gasteiger partial charge in [0.25, 0.3) is 0 Å². The van der Waals surface area contributed by atoms with Crippen LogP contribution in [0.2, 0.25) is 0 Å². The molecular weight excluding hydrogens is 178 g/mol. The van der Waals surface area contributed by atoms with E-state index in [0.717, 1.165) is 0 Å². The Morgan fingerprint density at radius 1 is 1.50 bits per heavy atom. The van der Waals surface area contributed by atoms with Gasteiger partial charge in [0.15, 0.2) is 5.65 Å². The largest absolute Gasteiger partial charge is 0.351 e. The first-order valence-electron chi connectivity index (χ1n) is 4.27. The summed E-state index contributed by atoms with van der Waals surface area (Å²) in [5.74, 6) is 5.53. The first-order chi connectivity index (χ1) is 6.83. The third-order valence-corrected chi connectivity index (χ3v) is 1.89. The Morgan fingerprint density at radius 2 is 2.36 bits per heavy atom. The van der Waals surface area contributed by atoms with Crippen molar-refractivity contribution in [2.45, 2.75) is 13.5 Å². The lowest BCUT2D eigenvalue weighted by Crippen LogP contribution is -2.20. The van der Waals surface area contributed by atoms with Crippen LogP contribution in [0.15, 0.2) is 29.2 Å². The Labute approximate surface area is 80.8 Å². The lowest BCUT2D eigenvalue weighted by Gasteiger charge is -1.86. The van der Waals surface area contributed by atoms with Crippen molar-refractivity contribution in [3.63, 3.8) is 0 Å². The molecule has 70 valence electrons. The molecule has 0 fully saturated rings. The molecule has 2 rings (SSSR count). The van der Waals surface area contributed by atoms with E-state index in [1.54, 1.807) is 25.3 Å². The minimum absolute atomic E-state index is 0.150. The molecular formula is C10H9N3O. The van der Waals surface area contributed by atoms with Crippen LogP contribution in [0, 0.1) is 11.8 Å². The van der Waals surface area contributed by atoms with E-state index in [-0.39, 0.29) is 5.69 Å². The van der Waals surface area contributed by atoms with Gasteiger partial charge >= 0.3 is 5.69 Å². The molecule has 0 aliphatic heterocycles. The van der Waals surface area contributed by atoms with Crippen LogP contribution in [0.1, 0.15) is 6.92 Å². The van der Waals surface area contributed by atoms with E-state index < -0.39 is 0 Å². The topological polar surface area (TPSA) is 39.3 Å². The van der Waals surface area contributed by atoms with Gasteiger partial charge in [-0.25, -0.2) is 9.48 Å². The molecule has 0 N–H and O–H groups in total. The summed E-state index contributed by atoms with van der Waals surface area (Å²) in [5.41, 5.74) is 0.499. The molecule has 0 spiro atoms. The predicted octanol–water partition coefficient (Wildman–Crippen LogP) is 0.519. The summed E-state index contributed by atoms with van der Waals surface area (Å²) in [7, 11) is 0. The summed E-state index contributed by atoms with van der Waals surface area (Å²) in [6.45, 7) is 2.08. The highest BCUT2D eigenvalue weighted by atomic mass is 16.2. The maximum atomic E-state index is 11.6. The fraction of sp³-hybridized carbons (Fsp3) is 0.200. The summed E-state index contributed by atoms with van der Waals surface area (Å²) >= 11 is 0. The van der Waals surface area contributed by atoms with Crippen LogP contribution in [-0.4, -0.2) is 14.2 Å². The highest BCUT2D eigenvalue weighted by Gasteiger charge is 2.02. The van der Waals surface area contributed by atoms with Crippen LogP contribution in [0.5, 0.6) is 0 Å². The normalized spacial score (nSPS) is 9.79. The van der Waals surface area contributed by atoms with Crippen molar-refractivity contribution in [1.29, 1.82) is 0 Å². The zero-order chi connectivity index (χ0) is 9.97. The number of rotatable bonds is 1. The van der Waals surface area contributed by atoms with Crippen molar-refractivity contribution in [1.82, 2.24) is 14.2 Å². The molecule has 2 aromatic rings. The van der Waals surface area contributed by atoms with E-state index in [4.69, 9.17) is 0 Å². The van der Waals surface area contributed by atoms with Crippen LogP contribution < -0.4 is 5.69 Å². The summed E-state index contributed by atoms with van der Waals surface area (Å²) in [5, 5.41) is 4.11. The lowest BCUT2D eigenvalue weighted by atomic mass is 10.5. The summed E-state index contributed by atoms with van der Waals surface area (Å²) < 4.78 is 2.85. The van der Waals surface area contributed by atoms with E-state index >= 15 is 0 Å². The number of hydrogen-bond donors (Lipinski definition) is 0. The molecule has 0 bridgehead atoms. The summed E-state index contributed by atoms with van der Waals surface area (Å²) in [4.78, 5) is 11.6. The van der Waals surface area contributed by atoms with E-state index in [9.17, 15) is 4.79 Å². The van der Waals surface area contributed by atoms with Crippen LogP contribution in [0.4, 0.5) is 0 Å². The molecule has 2 aromatic heterocycles. The van der Waals surface area contributed by atoms with Crippen molar-refractivity contribution in [2.75, 3.05) is 0 Å². The number of hydrogen-bond acceptors (Lipinski definition) is 2. The molecule has 4 nitrogen and oxygen atoms in total. The van der Waals surface area contributed by atoms with Gasteiger partial charge in [-0.1, -0.05) is 12.0 Å². The van der Waals surface area contributed by atoms with Gasteiger partial charge in [0.1, 0.15) is 6.54 Å². The van der Waals surface area contributed by atoms with Gasteiger partial charge in [0.2, 0.25) is 0 Å². The van der Waals surface area contributed by atoms with E-state index in [0.29, 0.717) is 12.2 Å². The Morgan fingerprint density at radius 3 is 3.07 bits per heavy atom. The van der Waals surface area contributed by atoms with Gasteiger partial charge in [-0.2, -0.15) is 0 Å². The first kappa shape index (κ1) is 8.57. The zero-order valence-electron chi connectivity index (χ0n) is 7.77. The van der Waals surface area contributed by atoms with Gasteiger partial charge in [0, 0.05) is 6.20 Å². The second-order valence-electron chi connectivity index (χ2n) is 2.80. The standard InChI is InChI=1S/C10H9N3O/c1-2-3-8-13-10(14)12-7-5-4-6-9(12)11-13/h4-7H,8H2,1H3. The Bertz CT molecular complexity index is 568. The van der Waals surface area contributed by atoms with Crippen LogP contribution >= 0.6 is 0 Å². The molecule has 0 aromatic carbocycles. The molecule has 0 aliphatic carbocycles. The summed E-state index contributed by atoms with van der Waals surface area (Å²) in [6, 6.07) is 5.43. The van der Waals surface area contributed by atoms with Gasteiger partial charge < -0.3 is 0 Å². The van der Waals surface area contributed by atoms with Crippen molar-refractivity contribution in [3.05, 3.63) is 34.9 Å². The van der Waals surface area contributed by atoms with E-state index in [2.05, 4.69) is 16.9 Å². The quantitative estimate of drug-likeness (QED) is 0.610. The van der Waals surface area contributed by atoms with E-state index in [1.807, 2.05) is 6.07 Å². The smallest absolute Gasteiger partial charge is 0.250 e.